The van der Waals surface area contributed by atoms with E-state index in [4.69, 9.17) is 0 Å². The molecule has 0 spiro atoms. The topological polar surface area (TPSA) is 49.3 Å². The fraction of sp³-hybridized carbons (Fsp3) is 0.200. The lowest BCUT2D eigenvalue weighted by Crippen LogP contribution is -2.38. The summed E-state index contributed by atoms with van der Waals surface area (Å²) in [6, 6.07) is 16.9. The van der Waals surface area contributed by atoms with Crippen molar-refractivity contribution in [3.63, 3.8) is 0 Å². The van der Waals surface area contributed by atoms with Crippen LogP contribution in [0.2, 0.25) is 0 Å². The number of fused-ring (bicyclic) bond motifs is 1. The molecule has 0 saturated heterocycles. The van der Waals surface area contributed by atoms with Gasteiger partial charge < -0.3 is 10.6 Å². The molecule has 25 heavy (non-hydrogen) atoms. The Balaban J connectivity index is 1.57. The van der Waals surface area contributed by atoms with Gasteiger partial charge in [-0.05, 0) is 35.7 Å². The molecule has 2 aromatic carbocycles. The minimum atomic E-state index is -0.171. The van der Waals surface area contributed by atoms with E-state index in [0.717, 1.165) is 16.5 Å². The Morgan fingerprint density at radius 3 is 2.64 bits per heavy atom. The Kier molecular flexibility index (Phi) is 5.57. The number of nitrogens with one attached hydrogen (secondary N) is 2. The molecule has 3 rings (SSSR count). The third kappa shape index (κ3) is 4.32. The number of para-hydroxylation sites is 1. The predicted octanol–water partition coefficient (Wildman–Crippen LogP) is 3.28. The van der Waals surface area contributed by atoms with Gasteiger partial charge in [-0.15, -0.1) is 0 Å². The van der Waals surface area contributed by atoms with Crippen molar-refractivity contribution >= 4 is 16.9 Å². The number of aromatic nitrogens is 1. The molecule has 5 heteroatoms. The van der Waals surface area contributed by atoms with Gasteiger partial charge in [0.2, 0.25) is 0 Å². The van der Waals surface area contributed by atoms with E-state index in [-0.39, 0.29) is 5.82 Å². The van der Waals surface area contributed by atoms with Gasteiger partial charge in [0.25, 0.3) is 0 Å². The van der Waals surface area contributed by atoms with Gasteiger partial charge in [-0.2, -0.15) is 0 Å². The third-order valence-corrected chi connectivity index (χ3v) is 4.05. The lowest BCUT2D eigenvalue weighted by atomic mass is 10.1. The van der Waals surface area contributed by atoms with E-state index >= 15 is 0 Å². The molecular weight excluding hydrogens is 315 g/mol. The van der Waals surface area contributed by atoms with Crippen molar-refractivity contribution in [3.8, 4) is 0 Å². The molecule has 0 bridgehead atoms. The highest BCUT2D eigenvalue weighted by Gasteiger charge is 2.04. The summed E-state index contributed by atoms with van der Waals surface area (Å²) in [5.41, 5.74) is 2.83. The predicted molar refractivity (Wildman–Crippen MR) is 100 cm³/mol. The van der Waals surface area contributed by atoms with Crippen molar-refractivity contribution in [2.75, 3.05) is 13.6 Å². The second-order valence-corrected chi connectivity index (χ2v) is 5.68. The van der Waals surface area contributed by atoms with E-state index < -0.39 is 0 Å². The van der Waals surface area contributed by atoms with Crippen LogP contribution in [0.5, 0.6) is 0 Å². The summed E-state index contributed by atoms with van der Waals surface area (Å²) < 4.78 is 13.6. The number of rotatable bonds is 5. The van der Waals surface area contributed by atoms with Crippen molar-refractivity contribution in [2.24, 2.45) is 4.99 Å². The van der Waals surface area contributed by atoms with Crippen LogP contribution in [-0.4, -0.2) is 24.5 Å². The summed E-state index contributed by atoms with van der Waals surface area (Å²) in [6.45, 7) is 1.25. The summed E-state index contributed by atoms with van der Waals surface area (Å²) in [6.07, 6.45) is 2.42. The van der Waals surface area contributed by atoms with Crippen molar-refractivity contribution in [2.45, 2.75) is 13.0 Å². The Bertz CT molecular complexity index is 871. The largest absolute Gasteiger partial charge is 0.356 e. The van der Waals surface area contributed by atoms with Crippen LogP contribution in [0.25, 0.3) is 10.9 Å². The maximum atomic E-state index is 13.6. The number of pyridine rings is 1. The minimum absolute atomic E-state index is 0.171. The van der Waals surface area contributed by atoms with Crippen molar-refractivity contribution in [1.29, 1.82) is 0 Å². The van der Waals surface area contributed by atoms with Gasteiger partial charge in [-0.1, -0.05) is 36.4 Å². The average molecular weight is 336 g/mol. The maximum absolute atomic E-state index is 13.6. The minimum Gasteiger partial charge on any atom is -0.356 e. The molecule has 0 radical (unpaired) electrons. The van der Waals surface area contributed by atoms with Crippen LogP contribution in [0.3, 0.4) is 0 Å². The standard InChI is InChI=1S/C20H21FN4/c1-22-20(24-13-10-15-6-2-4-8-18(15)21)25-14-16-11-12-23-19-9-5-3-7-17(16)19/h2-9,11-12H,10,13-14H2,1H3,(H2,22,24,25). The smallest absolute Gasteiger partial charge is 0.191 e. The van der Waals surface area contributed by atoms with Crippen LogP contribution in [0, 0.1) is 5.82 Å². The van der Waals surface area contributed by atoms with Crippen LogP contribution in [0.1, 0.15) is 11.1 Å². The number of guanidine groups is 1. The van der Waals surface area contributed by atoms with Crippen molar-refractivity contribution in [3.05, 3.63) is 77.7 Å². The van der Waals surface area contributed by atoms with Crippen LogP contribution < -0.4 is 10.6 Å². The highest BCUT2D eigenvalue weighted by molar-refractivity contribution is 5.83. The van der Waals surface area contributed by atoms with Gasteiger partial charge >= 0.3 is 0 Å². The van der Waals surface area contributed by atoms with Crippen LogP contribution in [0.15, 0.2) is 65.8 Å². The van der Waals surface area contributed by atoms with E-state index in [1.165, 1.54) is 6.07 Å². The summed E-state index contributed by atoms with van der Waals surface area (Å²) in [5.74, 6) is 0.521. The first-order valence-electron chi connectivity index (χ1n) is 8.28. The van der Waals surface area contributed by atoms with E-state index in [2.05, 4.69) is 26.7 Å². The summed E-state index contributed by atoms with van der Waals surface area (Å²) >= 11 is 0. The molecular formula is C20H21FN4. The number of hydrogen-bond acceptors (Lipinski definition) is 2. The summed E-state index contributed by atoms with van der Waals surface area (Å²) in [5, 5.41) is 7.64. The Labute approximate surface area is 146 Å². The first kappa shape index (κ1) is 16.9. The first-order valence-corrected chi connectivity index (χ1v) is 8.28. The molecule has 0 aliphatic carbocycles. The molecule has 0 unspecified atom stereocenters. The normalized spacial score (nSPS) is 11.5. The second-order valence-electron chi connectivity index (χ2n) is 5.68. The monoisotopic (exact) mass is 336 g/mol. The molecule has 2 N–H and O–H groups in total. The Morgan fingerprint density at radius 2 is 1.80 bits per heavy atom. The maximum Gasteiger partial charge on any atom is 0.191 e. The zero-order chi connectivity index (χ0) is 17.5. The zero-order valence-electron chi connectivity index (χ0n) is 14.2. The molecule has 0 aliphatic heterocycles. The number of aliphatic imine (C=N–C) groups is 1. The molecule has 128 valence electrons. The van der Waals surface area contributed by atoms with Gasteiger partial charge in [0.15, 0.2) is 5.96 Å². The van der Waals surface area contributed by atoms with Crippen LogP contribution >= 0.6 is 0 Å². The van der Waals surface area contributed by atoms with Crippen molar-refractivity contribution in [1.82, 2.24) is 15.6 Å². The highest BCUT2D eigenvalue weighted by atomic mass is 19.1. The molecule has 1 heterocycles. The molecule has 1 aromatic heterocycles. The Morgan fingerprint density at radius 1 is 1.00 bits per heavy atom. The van der Waals surface area contributed by atoms with E-state index in [9.17, 15) is 4.39 Å². The average Bonchev–Trinajstić information content (AvgIpc) is 2.66. The third-order valence-electron chi connectivity index (χ3n) is 4.05. The van der Waals surface area contributed by atoms with Gasteiger partial charge in [0.1, 0.15) is 5.82 Å². The lowest BCUT2D eigenvalue weighted by Gasteiger charge is -2.13. The molecule has 4 nitrogen and oxygen atoms in total. The van der Waals surface area contributed by atoms with E-state index in [0.29, 0.717) is 31.0 Å². The molecule has 0 saturated carbocycles. The van der Waals surface area contributed by atoms with Gasteiger partial charge in [0, 0.05) is 31.7 Å². The number of hydrogen-bond donors (Lipinski definition) is 2. The fourth-order valence-corrected chi connectivity index (χ4v) is 2.73. The quantitative estimate of drug-likeness (QED) is 0.555. The number of nitrogens with zero attached hydrogens (tertiary/aromatic N) is 2. The summed E-state index contributed by atoms with van der Waals surface area (Å²) in [7, 11) is 1.73. The fourth-order valence-electron chi connectivity index (χ4n) is 2.73. The first-order chi connectivity index (χ1) is 12.3. The number of halogens is 1. The molecule has 0 atom stereocenters. The molecule has 0 aliphatic rings. The molecule has 0 fully saturated rings. The Hall–Kier alpha value is -2.95. The van der Waals surface area contributed by atoms with E-state index in [1.807, 2.05) is 36.5 Å². The van der Waals surface area contributed by atoms with Gasteiger partial charge in [-0.3, -0.25) is 9.98 Å². The van der Waals surface area contributed by atoms with Crippen molar-refractivity contribution < 1.29 is 4.39 Å². The zero-order valence-corrected chi connectivity index (χ0v) is 14.2. The van der Waals surface area contributed by atoms with E-state index in [1.54, 1.807) is 19.2 Å². The van der Waals surface area contributed by atoms with Crippen LogP contribution in [0.4, 0.5) is 4.39 Å². The second kappa shape index (κ2) is 8.24. The van der Waals surface area contributed by atoms with Gasteiger partial charge in [0.05, 0.1) is 5.52 Å². The lowest BCUT2D eigenvalue weighted by molar-refractivity contribution is 0.606. The summed E-state index contributed by atoms with van der Waals surface area (Å²) in [4.78, 5) is 8.59. The molecule has 0 amide bonds. The van der Waals surface area contributed by atoms with Crippen LogP contribution in [-0.2, 0) is 13.0 Å². The SMILES string of the molecule is CN=C(NCCc1ccccc1F)NCc1ccnc2ccccc12. The highest BCUT2D eigenvalue weighted by Crippen LogP contribution is 2.15. The van der Waals surface area contributed by atoms with Gasteiger partial charge in [-0.25, -0.2) is 4.39 Å². The number of benzene rings is 2. The molecule has 3 aromatic rings.